The summed E-state index contributed by atoms with van der Waals surface area (Å²) in [6.07, 6.45) is 1.06. The van der Waals surface area contributed by atoms with Crippen molar-refractivity contribution in [3.8, 4) is 0 Å². The first-order valence-corrected chi connectivity index (χ1v) is 7.63. The van der Waals surface area contributed by atoms with E-state index >= 15 is 0 Å². The molecule has 1 aromatic rings. The van der Waals surface area contributed by atoms with Crippen molar-refractivity contribution in [1.82, 2.24) is 5.32 Å². The van der Waals surface area contributed by atoms with Crippen molar-refractivity contribution < 1.29 is 4.39 Å². The van der Waals surface area contributed by atoms with Crippen molar-refractivity contribution in [2.75, 3.05) is 18.0 Å². The van der Waals surface area contributed by atoms with Gasteiger partial charge in [0.1, 0.15) is 5.82 Å². The molecule has 0 radical (unpaired) electrons. The highest BCUT2D eigenvalue weighted by atomic mass is 79.9. The fourth-order valence-electron chi connectivity index (χ4n) is 2.60. The molecule has 1 aromatic carbocycles. The summed E-state index contributed by atoms with van der Waals surface area (Å²) in [7, 11) is 0. The molecule has 0 saturated carbocycles. The summed E-state index contributed by atoms with van der Waals surface area (Å²) < 4.78 is 14.4. The van der Waals surface area contributed by atoms with Crippen molar-refractivity contribution in [3.63, 3.8) is 0 Å². The van der Waals surface area contributed by atoms with Gasteiger partial charge in [-0.25, -0.2) is 4.39 Å². The normalized spacial score (nSPS) is 27.7. The number of anilines is 1. The largest absolute Gasteiger partial charge is 0.365 e. The summed E-state index contributed by atoms with van der Waals surface area (Å²) in [4.78, 5) is 2.32. The van der Waals surface area contributed by atoms with Gasteiger partial charge in [0.2, 0.25) is 0 Å². The SMILES string of the molecule is CCC1(C)CN(c2cc(F)c(Br)cc2C)C(C)CN1. The first-order valence-electron chi connectivity index (χ1n) is 6.83. The van der Waals surface area contributed by atoms with Crippen LogP contribution in [0.15, 0.2) is 16.6 Å². The molecular formula is C15H22BrFN2. The molecule has 1 aliphatic heterocycles. The maximum absolute atomic E-state index is 13.8. The Morgan fingerprint density at radius 1 is 1.53 bits per heavy atom. The molecular weight excluding hydrogens is 307 g/mol. The van der Waals surface area contributed by atoms with Crippen LogP contribution < -0.4 is 10.2 Å². The Morgan fingerprint density at radius 3 is 2.84 bits per heavy atom. The van der Waals surface area contributed by atoms with Crippen molar-refractivity contribution in [3.05, 3.63) is 28.0 Å². The molecule has 1 fully saturated rings. The van der Waals surface area contributed by atoms with Crippen LogP contribution in [-0.2, 0) is 0 Å². The molecule has 1 saturated heterocycles. The number of rotatable bonds is 2. The summed E-state index contributed by atoms with van der Waals surface area (Å²) in [6.45, 7) is 10.5. The van der Waals surface area contributed by atoms with Crippen LogP contribution in [0.3, 0.4) is 0 Å². The Labute approximate surface area is 123 Å². The third-order valence-electron chi connectivity index (χ3n) is 4.20. The molecule has 106 valence electrons. The summed E-state index contributed by atoms with van der Waals surface area (Å²) in [6, 6.07) is 3.89. The second-order valence-electron chi connectivity index (χ2n) is 5.82. The molecule has 19 heavy (non-hydrogen) atoms. The Kier molecular flexibility index (Phi) is 4.21. The summed E-state index contributed by atoms with van der Waals surface area (Å²) in [5.74, 6) is -0.190. The highest BCUT2D eigenvalue weighted by Crippen LogP contribution is 2.31. The van der Waals surface area contributed by atoms with Gasteiger partial charge in [-0.05, 0) is 60.8 Å². The minimum absolute atomic E-state index is 0.0997. The second-order valence-corrected chi connectivity index (χ2v) is 6.68. The standard InChI is InChI=1S/C15H22BrFN2/c1-5-15(4)9-19(11(3)8-18-15)14-7-13(17)12(16)6-10(14)2/h6-7,11,18H,5,8-9H2,1-4H3. The lowest BCUT2D eigenvalue weighted by Gasteiger charge is -2.46. The van der Waals surface area contributed by atoms with Gasteiger partial charge in [0.15, 0.2) is 0 Å². The Balaban J connectivity index is 2.36. The lowest BCUT2D eigenvalue weighted by Crippen LogP contribution is -2.62. The quantitative estimate of drug-likeness (QED) is 0.886. The summed E-state index contributed by atoms with van der Waals surface area (Å²) in [5, 5.41) is 3.60. The molecule has 0 aliphatic carbocycles. The van der Waals surface area contributed by atoms with Gasteiger partial charge in [-0.3, -0.25) is 0 Å². The molecule has 2 rings (SSSR count). The predicted molar refractivity (Wildman–Crippen MR) is 82.3 cm³/mol. The van der Waals surface area contributed by atoms with E-state index in [9.17, 15) is 4.39 Å². The smallest absolute Gasteiger partial charge is 0.139 e. The molecule has 0 amide bonds. The van der Waals surface area contributed by atoms with Gasteiger partial charge >= 0.3 is 0 Å². The van der Waals surface area contributed by atoms with Crippen LogP contribution in [0.25, 0.3) is 0 Å². The number of benzene rings is 1. The minimum Gasteiger partial charge on any atom is -0.365 e. The van der Waals surface area contributed by atoms with E-state index < -0.39 is 0 Å². The van der Waals surface area contributed by atoms with E-state index in [4.69, 9.17) is 0 Å². The van der Waals surface area contributed by atoms with Gasteiger partial charge in [0.25, 0.3) is 0 Å². The zero-order chi connectivity index (χ0) is 14.2. The fraction of sp³-hybridized carbons (Fsp3) is 0.600. The Bertz CT molecular complexity index is 477. The van der Waals surface area contributed by atoms with Crippen LogP contribution in [0.1, 0.15) is 32.8 Å². The average Bonchev–Trinajstić information content (AvgIpc) is 2.37. The number of piperazine rings is 1. The van der Waals surface area contributed by atoms with E-state index in [-0.39, 0.29) is 11.4 Å². The van der Waals surface area contributed by atoms with E-state index in [1.165, 1.54) is 0 Å². The maximum atomic E-state index is 13.8. The molecule has 4 heteroatoms. The van der Waals surface area contributed by atoms with Crippen LogP contribution in [-0.4, -0.2) is 24.7 Å². The number of aryl methyl sites for hydroxylation is 1. The van der Waals surface area contributed by atoms with Crippen LogP contribution >= 0.6 is 15.9 Å². The number of halogens is 2. The maximum Gasteiger partial charge on any atom is 0.139 e. The third-order valence-corrected chi connectivity index (χ3v) is 4.81. The van der Waals surface area contributed by atoms with E-state index in [0.29, 0.717) is 10.5 Å². The molecule has 1 N–H and O–H groups in total. The molecule has 0 bridgehead atoms. The number of nitrogens with one attached hydrogen (secondary N) is 1. The zero-order valence-corrected chi connectivity index (χ0v) is 13.6. The first kappa shape index (κ1) is 14.8. The van der Waals surface area contributed by atoms with Gasteiger partial charge in [-0.2, -0.15) is 0 Å². The summed E-state index contributed by atoms with van der Waals surface area (Å²) >= 11 is 3.25. The first-order chi connectivity index (χ1) is 8.86. The topological polar surface area (TPSA) is 15.3 Å². The van der Waals surface area contributed by atoms with Crippen LogP contribution in [0.5, 0.6) is 0 Å². The average molecular weight is 329 g/mol. The van der Waals surface area contributed by atoms with Gasteiger partial charge in [0, 0.05) is 30.4 Å². The number of hydrogen-bond acceptors (Lipinski definition) is 2. The van der Waals surface area contributed by atoms with Crippen molar-refractivity contribution in [2.24, 2.45) is 0 Å². The van der Waals surface area contributed by atoms with E-state index in [0.717, 1.165) is 30.8 Å². The van der Waals surface area contributed by atoms with Gasteiger partial charge in [0.05, 0.1) is 4.47 Å². The van der Waals surface area contributed by atoms with Crippen molar-refractivity contribution in [2.45, 2.75) is 45.7 Å². The highest BCUT2D eigenvalue weighted by molar-refractivity contribution is 9.10. The van der Waals surface area contributed by atoms with E-state index in [1.807, 2.05) is 13.0 Å². The molecule has 1 heterocycles. The van der Waals surface area contributed by atoms with Crippen molar-refractivity contribution in [1.29, 1.82) is 0 Å². The predicted octanol–water partition coefficient (Wildman–Crippen LogP) is 3.86. The summed E-state index contributed by atoms with van der Waals surface area (Å²) in [5.41, 5.74) is 2.22. The van der Waals surface area contributed by atoms with E-state index in [2.05, 4.69) is 46.9 Å². The Morgan fingerprint density at radius 2 is 2.21 bits per heavy atom. The Hall–Kier alpha value is -0.610. The molecule has 0 spiro atoms. The highest BCUT2D eigenvalue weighted by Gasteiger charge is 2.33. The number of nitrogens with zero attached hydrogens (tertiary/aromatic N) is 1. The minimum atomic E-state index is -0.190. The lowest BCUT2D eigenvalue weighted by molar-refractivity contribution is 0.285. The molecule has 1 aliphatic rings. The molecule has 2 unspecified atom stereocenters. The third kappa shape index (κ3) is 2.95. The van der Waals surface area contributed by atoms with Crippen LogP contribution in [0, 0.1) is 12.7 Å². The molecule has 0 aromatic heterocycles. The monoisotopic (exact) mass is 328 g/mol. The molecule has 2 atom stereocenters. The van der Waals surface area contributed by atoms with Crippen LogP contribution in [0.2, 0.25) is 0 Å². The zero-order valence-electron chi connectivity index (χ0n) is 12.1. The van der Waals surface area contributed by atoms with E-state index in [1.54, 1.807) is 6.07 Å². The number of hydrogen-bond donors (Lipinski definition) is 1. The van der Waals surface area contributed by atoms with Gasteiger partial charge in [-0.1, -0.05) is 6.92 Å². The van der Waals surface area contributed by atoms with Crippen LogP contribution in [0.4, 0.5) is 10.1 Å². The second kappa shape index (κ2) is 5.41. The fourth-order valence-corrected chi connectivity index (χ4v) is 3.05. The lowest BCUT2D eigenvalue weighted by atomic mass is 9.93. The molecule has 2 nitrogen and oxygen atoms in total. The van der Waals surface area contributed by atoms with Crippen molar-refractivity contribution >= 4 is 21.6 Å². The van der Waals surface area contributed by atoms with Gasteiger partial charge < -0.3 is 10.2 Å². The van der Waals surface area contributed by atoms with Gasteiger partial charge in [-0.15, -0.1) is 0 Å².